The van der Waals surface area contributed by atoms with Gasteiger partial charge in [0.25, 0.3) is 5.91 Å². The molecule has 204 valence electrons. The number of aromatic nitrogens is 5. The summed E-state index contributed by atoms with van der Waals surface area (Å²) in [6.07, 6.45) is -1.08. The number of hydrogen-bond acceptors (Lipinski definition) is 7. The van der Waals surface area contributed by atoms with E-state index in [0.717, 1.165) is 28.9 Å². The fourth-order valence-electron chi connectivity index (χ4n) is 3.83. The van der Waals surface area contributed by atoms with Gasteiger partial charge in [-0.1, -0.05) is 41.6 Å². The normalized spacial score (nSPS) is 11.5. The molecule has 13 heteroatoms. The summed E-state index contributed by atoms with van der Waals surface area (Å²) in [5, 5.41) is 15.0. The minimum absolute atomic E-state index is 0.0514. The summed E-state index contributed by atoms with van der Waals surface area (Å²) < 4.78 is 40.8. The predicted octanol–water partition coefficient (Wildman–Crippen LogP) is 6.99. The van der Waals surface area contributed by atoms with Crippen LogP contribution in [0.25, 0.3) is 17.1 Å². The molecule has 0 aliphatic heterocycles. The first-order chi connectivity index (χ1) is 19.2. The highest BCUT2D eigenvalue weighted by Crippen LogP contribution is 2.33. The van der Waals surface area contributed by atoms with Gasteiger partial charge in [0.1, 0.15) is 10.7 Å². The molecule has 0 atom stereocenters. The molecule has 1 amide bonds. The van der Waals surface area contributed by atoms with Crippen LogP contribution in [0.5, 0.6) is 0 Å². The van der Waals surface area contributed by atoms with E-state index in [2.05, 4.69) is 25.5 Å². The van der Waals surface area contributed by atoms with Crippen molar-refractivity contribution in [3.05, 3.63) is 105 Å². The maximum absolute atomic E-state index is 13.0. The first kappa shape index (κ1) is 27.8. The van der Waals surface area contributed by atoms with E-state index in [1.165, 1.54) is 35.2 Å². The highest BCUT2D eigenvalue weighted by Gasteiger charge is 2.30. The molecule has 7 nitrogen and oxygen atoms in total. The first-order valence-electron chi connectivity index (χ1n) is 11.8. The number of thiazole rings is 1. The average Bonchev–Trinajstić information content (AvgIpc) is 3.59. The second-order valence-electron chi connectivity index (χ2n) is 8.60. The van der Waals surface area contributed by atoms with Crippen LogP contribution in [0.15, 0.2) is 77.5 Å². The smallest absolute Gasteiger partial charge is 0.347 e. The topological polar surface area (TPSA) is 85.6 Å². The molecule has 0 spiro atoms. The zero-order chi connectivity index (χ0) is 28.3. The van der Waals surface area contributed by atoms with Crippen LogP contribution in [-0.2, 0) is 18.5 Å². The van der Waals surface area contributed by atoms with Crippen LogP contribution >= 0.6 is 34.7 Å². The van der Waals surface area contributed by atoms with Crippen molar-refractivity contribution < 1.29 is 18.0 Å². The molecule has 0 bridgehead atoms. The standard InChI is InChI=1S/C27H20ClF3N6OS2/c1-16-5-6-20(28)12-22(16)37-24(18-7-9-32-10-8-18)35-36-26(37)40-15-23-34-21(14-39-23)25(38)33-13-17-3-2-4-19(11-17)27(29,30)31/h2-12,14H,13,15H2,1H3,(H,33,38). The number of aryl methyl sites for hydroxylation is 1. The van der Waals surface area contributed by atoms with Gasteiger partial charge in [-0.15, -0.1) is 21.5 Å². The van der Waals surface area contributed by atoms with E-state index in [-0.39, 0.29) is 12.2 Å². The third-order valence-electron chi connectivity index (χ3n) is 5.80. The molecule has 0 aliphatic carbocycles. The van der Waals surface area contributed by atoms with Crippen LogP contribution in [0, 0.1) is 6.92 Å². The van der Waals surface area contributed by atoms with Crippen molar-refractivity contribution in [3.63, 3.8) is 0 Å². The molecule has 2 aromatic carbocycles. The molecule has 3 heterocycles. The fraction of sp³-hybridized carbons (Fsp3) is 0.148. The number of halogens is 4. The molecule has 3 aromatic heterocycles. The number of alkyl halides is 3. The molecular formula is C27H20ClF3N6OS2. The van der Waals surface area contributed by atoms with E-state index >= 15 is 0 Å². The lowest BCUT2D eigenvalue weighted by atomic mass is 10.1. The second kappa shape index (κ2) is 11.8. The maximum Gasteiger partial charge on any atom is 0.416 e. The summed E-state index contributed by atoms with van der Waals surface area (Å²) >= 11 is 9.03. The second-order valence-corrected chi connectivity index (χ2v) is 10.9. The number of amides is 1. The molecule has 0 unspecified atom stereocenters. The number of benzene rings is 2. The van der Waals surface area contributed by atoms with Crippen LogP contribution in [0.3, 0.4) is 0 Å². The highest BCUT2D eigenvalue weighted by molar-refractivity contribution is 7.98. The van der Waals surface area contributed by atoms with E-state index < -0.39 is 17.6 Å². The van der Waals surface area contributed by atoms with Gasteiger partial charge in [-0.2, -0.15) is 13.2 Å². The molecule has 40 heavy (non-hydrogen) atoms. The molecule has 5 aromatic rings. The van der Waals surface area contributed by atoms with Gasteiger partial charge in [-0.05, 0) is 54.4 Å². The van der Waals surface area contributed by atoms with Crippen LogP contribution in [-0.4, -0.2) is 30.6 Å². The van der Waals surface area contributed by atoms with Crippen molar-refractivity contribution in [1.82, 2.24) is 30.0 Å². The summed E-state index contributed by atoms with van der Waals surface area (Å²) in [4.78, 5) is 21.1. The fourth-order valence-corrected chi connectivity index (χ4v) is 5.73. The third-order valence-corrected chi connectivity index (χ3v) is 8.01. The monoisotopic (exact) mass is 600 g/mol. The molecule has 0 saturated carbocycles. The number of hydrogen-bond donors (Lipinski definition) is 1. The van der Waals surface area contributed by atoms with Crippen LogP contribution in [0.1, 0.15) is 32.2 Å². The third kappa shape index (κ3) is 6.35. The van der Waals surface area contributed by atoms with Gasteiger partial charge >= 0.3 is 6.18 Å². The van der Waals surface area contributed by atoms with Crippen molar-refractivity contribution >= 4 is 40.6 Å². The van der Waals surface area contributed by atoms with Gasteiger partial charge in [-0.25, -0.2) is 4.98 Å². The Hall–Kier alpha value is -3.74. The zero-order valence-corrected chi connectivity index (χ0v) is 23.2. The SMILES string of the molecule is Cc1ccc(Cl)cc1-n1c(SCc2nc(C(=O)NCc3cccc(C(F)(F)F)c3)cs2)nnc1-c1ccncc1. The number of thioether (sulfide) groups is 1. The molecule has 0 saturated heterocycles. The molecule has 1 N–H and O–H groups in total. The van der Waals surface area contributed by atoms with Gasteiger partial charge in [0, 0.05) is 34.9 Å². The zero-order valence-electron chi connectivity index (χ0n) is 20.8. The van der Waals surface area contributed by atoms with E-state index in [1.54, 1.807) is 17.8 Å². The Morgan fingerprint density at radius 1 is 1.10 bits per heavy atom. The highest BCUT2D eigenvalue weighted by atomic mass is 35.5. The molecule has 0 aliphatic rings. The Kier molecular flexibility index (Phi) is 8.19. The Labute approximate surface area is 240 Å². The summed E-state index contributed by atoms with van der Waals surface area (Å²) in [6.45, 7) is 1.92. The Morgan fingerprint density at radius 2 is 1.90 bits per heavy atom. The summed E-state index contributed by atoms with van der Waals surface area (Å²) in [6, 6.07) is 14.1. The molecule has 5 rings (SSSR count). The number of carbonyl (C=O) groups excluding carboxylic acids is 1. The Morgan fingerprint density at radius 3 is 2.67 bits per heavy atom. The van der Waals surface area contributed by atoms with Crippen molar-refractivity contribution in [2.75, 3.05) is 0 Å². The van der Waals surface area contributed by atoms with Crippen molar-refractivity contribution in [2.24, 2.45) is 0 Å². The van der Waals surface area contributed by atoms with E-state index in [0.29, 0.717) is 32.3 Å². The Bertz CT molecular complexity index is 1660. The van der Waals surface area contributed by atoms with Crippen LogP contribution in [0.2, 0.25) is 5.02 Å². The molecular weight excluding hydrogens is 581 g/mol. The lowest BCUT2D eigenvalue weighted by molar-refractivity contribution is -0.137. The largest absolute Gasteiger partial charge is 0.416 e. The van der Waals surface area contributed by atoms with E-state index in [1.807, 2.05) is 41.8 Å². The van der Waals surface area contributed by atoms with Crippen LogP contribution in [0.4, 0.5) is 13.2 Å². The minimum atomic E-state index is -4.45. The van der Waals surface area contributed by atoms with E-state index in [9.17, 15) is 18.0 Å². The molecule has 0 fully saturated rings. The van der Waals surface area contributed by atoms with Crippen LogP contribution < -0.4 is 5.32 Å². The summed E-state index contributed by atoms with van der Waals surface area (Å²) in [5.74, 6) is 0.575. The Balaban J connectivity index is 1.31. The van der Waals surface area contributed by atoms with E-state index in [4.69, 9.17) is 11.6 Å². The quantitative estimate of drug-likeness (QED) is 0.193. The van der Waals surface area contributed by atoms with Crippen molar-refractivity contribution in [1.29, 1.82) is 0 Å². The first-order valence-corrected chi connectivity index (χ1v) is 14.1. The lowest BCUT2D eigenvalue weighted by Gasteiger charge is -2.13. The summed E-state index contributed by atoms with van der Waals surface area (Å²) in [5.41, 5.74) is 2.42. The lowest BCUT2D eigenvalue weighted by Crippen LogP contribution is -2.23. The average molecular weight is 601 g/mol. The summed E-state index contributed by atoms with van der Waals surface area (Å²) in [7, 11) is 0. The number of carbonyl (C=O) groups is 1. The number of nitrogens with one attached hydrogen (secondary N) is 1. The number of rotatable bonds is 8. The number of nitrogens with zero attached hydrogens (tertiary/aromatic N) is 5. The maximum atomic E-state index is 13.0. The van der Waals surface area contributed by atoms with Crippen molar-refractivity contribution in [3.8, 4) is 17.1 Å². The van der Waals surface area contributed by atoms with Gasteiger partial charge in [-0.3, -0.25) is 14.3 Å². The predicted molar refractivity (Wildman–Crippen MR) is 149 cm³/mol. The minimum Gasteiger partial charge on any atom is -0.347 e. The van der Waals surface area contributed by atoms with Gasteiger partial charge < -0.3 is 5.32 Å². The van der Waals surface area contributed by atoms with Crippen molar-refractivity contribution in [2.45, 2.75) is 30.6 Å². The van der Waals surface area contributed by atoms with Gasteiger partial charge in [0.15, 0.2) is 11.0 Å². The van der Waals surface area contributed by atoms with Gasteiger partial charge in [0.05, 0.1) is 17.0 Å². The number of pyridine rings is 1. The van der Waals surface area contributed by atoms with Gasteiger partial charge in [0.2, 0.25) is 0 Å². The molecule has 0 radical (unpaired) electrons.